The summed E-state index contributed by atoms with van der Waals surface area (Å²) in [6.07, 6.45) is 9.34. The van der Waals surface area contributed by atoms with E-state index in [1.54, 1.807) is 23.1 Å². The molecule has 0 aliphatic carbocycles. The molecule has 0 radical (unpaired) electrons. The lowest BCUT2D eigenvalue weighted by molar-refractivity contribution is -0.156. The fraction of sp³-hybridized carbons (Fsp3) is 0.500. The zero-order valence-electron chi connectivity index (χ0n) is 27.1. The molecule has 2 atom stereocenters. The summed E-state index contributed by atoms with van der Waals surface area (Å²) in [6.45, 7) is 12.1. The van der Waals surface area contributed by atoms with Gasteiger partial charge in [0.1, 0.15) is 31.2 Å². The number of amides is 1. The number of benzene rings is 2. The van der Waals surface area contributed by atoms with Crippen LogP contribution in [0.1, 0.15) is 50.8 Å². The highest BCUT2D eigenvalue weighted by Gasteiger charge is 2.43. The minimum absolute atomic E-state index is 0.0715. The van der Waals surface area contributed by atoms with Gasteiger partial charge in [0.05, 0.1) is 23.6 Å². The Balaban J connectivity index is 2.10. The summed E-state index contributed by atoms with van der Waals surface area (Å²) in [6, 6.07) is 12.5. The molecule has 2 aromatic rings. The molecule has 1 unspecified atom stereocenters. The molecule has 44 heavy (non-hydrogen) atoms. The second kappa shape index (κ2) is 15.6. The molecule has 0 aromatic heterocycles. The minimum Gasteiger partial charge on any atom is -0.489 e. The first-order valence-corrected chi connectivity index (χ1v) is 18.6. The minimum atomic E-state index is -0.769. The number of anilines is 1. The summed E-state index contributed by atoms with van der Waals surface area (Å²) in [4.78, 5) is 32.0. The molecule has 2 aromatic carbocycles. The second-order valence-electron chi connectivity index (χ2n) is 12.9. The van der Waals surface area contributed by atoms with Crippen LogP contribution >= 0.6 is 33.8 Å². The van der Waals surface area contributed by atoms with Crippen LogP contribution in [0.15, 0.2) is 55.1 Å². The van der Waals surface area contributed by atoms with E-state index >= 15 is 0 Å². The van der Waals surface area contributed by atoms with Crippen molar-refractivity contribution in [3.63, 3.8) is 0 Å². The fourth-order valence-corrected chi connectivity index (χ4v) is 6.15. The number of nitrogens with zero attached hydrogens (tertiary/aromatic N) is 2. The standard InChI is InChI=1S/C34H47ClN2O5S2/c1-9-17-41-29-15-13-24(2)20-28(29)32-27(14-16-30(43)36(32)22-31(38)42-34(3,4)5)33(39)37(23-40-18-19-44(6,7)8)26-12-10-11-25(35)21-26/h9-13,15,20-21,27,32H,1,14,16-19,22-23H2,2-8H3/t27?,32-/m0/s1. The van der Waals surface area contributed by atoms with Crippen LogP contribution in [-0.2, 0) is 19.1 Å². The van der Waals surface area contributed by atoms with Crippen LogP contribution in [0.2, 0.25) is 5.02 Å². The van der Waals surface area contributed by atoms with Gasteiger partial charge < -0.3 is 19.1 Å². The number of rotatable bonds is 13. The summed E-state index contributed by atoms with van der Waals surface area (Å²) >= 11 is 12.2. The van der Waals surface area contributed by atoms with E-state index in [0.29, 0.717) is 40.9 Å². The van der Waals surface area contributed by atoms with E-state index < -0.39 is 33.6 Å². The Morgan fingerprint density at radius 1 is 1.18 bits per heavy atom. The van der Waals surface area contributed by atoms with Gasteiger partial charge in [-0.05, 0) is 83.6 Å². The monoisotopic (exact) mass is 662 g/mol. The lowest BCUT2D eigenvalue weighted by Gasteiger charge is -2.44. The molecule has 0 bridgehead atoms. The highest BCUT2D eigenvalue weighted by molar-refractivity contribution is 8.32. The smallest absolute Gasteiger partial charge is 0.326 e. The molecule has 7 nitrogen and oxygen atoms in total. The first kappa shape index (κ1) is 35.9. The Morgan fingerprint density at radius 2 is 1.91 bits per heavy atom. The van der Waals surface area contributed by atoms with Crippen molar-refractivity contribution in [2.75, 3.05) is 55.9 Å². The van der Waals surface area contributed by atoms with Crippen molar-refractivity contribution in [2.24, 2.45) is 5.92 Å². The summed E-state index contributed by atoms with van der Waals surface area (Å²) in [5.41, 5.74) is 1.74. The first-order valence-electron chi connectivity index (χ1n) is 14.8. The van der Waals surface area contributed by atoms with Gasteiger partial charge in [-0.15, -0.1) is 0 Å². The summed E-state index contributed by atoms with van der Waals surface area (Å²) < 4.78 is 17.9. The van der Waals surface area contributed by atoms with E-state index in [0.717, 1.165) is 16.9 Å². The molecule has 1 amide bonds. The third kappa shape index (κ3) is 10.5. The summed E-state index contributed by atoms with van der Waals surface area (Å²) in [5.74, 6) is 0.387. The van der Waals surface area contributed by atoms with Crippen LogP contribution in [0.5, 0.6) is 5.75 Å². The highest BCUT2D eigenvalue weighted by Crippen LogP contribution is 2.43. The third-order valence-electron chi connectivity index (χ3n) is 7.03. The van der Waals surface area contributed by atoms with Crippen molar-refractivity contribution in [3.8, 4) is 5.75 Å². The topological polar surface area (TPSA) is 68.3 Å². The maximum Gasteiger partial charge on any atom is 0.326 e. The van der Waals surface area contributed by atoms with Crippen molar-refractivity contribution in [3.05, 3.63) is 71.3 Å². The van der Waals surface area contributed by atoms with Gasteiger partial charge in [-0.3, -0.25) is 14.5 Å². The number of ether oxygens (including phenoxy) is 3. The van der Waals surface area contributed by atoms with Crippen LogP contribution in [0.25, 0.3) is 0 Å². The molecule has 10 heteroatoms. The van der Waals surface area contributed by atoms with Gasteiger partial charge in [0.15, 0.2) is 0 Å². The number of hydrogen-bond donors (Lipinski definition) is 0. The zero-order chi connectivity index (χ0) is 32.7. The SMILES string of the molecule is C=CCOc1ccc(C)cc1[C@@H]1C(C(=O)N(COCCS(C)(C)C)c2cccc(Cl)c2)CCC(=S)N1CC(=O)OC(C)(C)C. The van der Waals surface area contributed by atoms with Crippen LogP contribution < -0.4 is 9.64 Å². The van der Waals surface area contributed by atoms with Gasteiger partial charge in [0.2, 0.25) is 5.91 Å². The number of thiocarbonyl (C=S) groups is 1. The molecule has 1 aliphatic rings. The third-order valence-corrected chi connectivity index (χ3v) is 9.10. The van der Waals surface area contributed by atoms with Gasteiger partial charge >= 0.3 is 5.97 Å². The van der Waals surface area contributed by atoms with E-state index in [9.17, 15) is 9.59 Å². The number of halogens is 1. The lowest BCUT2D eigenvalue weighted by atomic mass is 9.82. The second-order valence-corrected chi connectivity index (χ2v) is 18.4. The van der Waals surface area contributed by atoms with Gasteiger partial charge in [0.25, 0.3) is 0 Å². The number of carbonyl (C=O) groups is 2. The Bertz CT molecular complexity index is 1340. The van der Waals surface area contributed by atoms with Gasteiger partial charge in [0, 0.05) is 22.0 Å². The number of hydrogen-bond acceptors (Lipinski definition) is 6. The number of esters is 1. The Labute approximate surface area is 275 Å². The van der Waals surface area contributed by atoms with Crippen LogP contribution in [-0.4, -0.2) is 78.4 Å². The predicted molar refractivity (Wildman–Crippen MR) is 187 cm³/mol. The summed E-state index contributed by atoms with van der Waals surface area (Å²) in [7, 11) is -0.769. The highest BCUT2D eigenvalue weighted by atomic mass is 35.5. The van der Waals surface area contributed by atoms with Crippen molar-refractivity contribution >= 4 is 56.4 Å². The zero-order valence-corrected chi connectivity index (χ0v) is 29.4. The van der Waals surface area contributed by atoms with Crippen molar-refractivity contribution in [2.45, 2.75) is 52.2 Å². The molecule has 1 heterocycles. The average molecular weight is 663 g/mol. The van der Waals surface area contributed by atoms with Crippen LogP contribution in [0.4, 0.5) is 5.69 Å². The molecule has 0 N–H and O–H groups in total. The van der Waals surface area contributed by atoms with Crippen molar-refractivity contribution < 1.29 is 23.8 Å². The van der Waals surface area contributed by atoms with E-state index in [-0.39, 0.29) is 25.8 Å². The van der Waals surface area contributed by atoms with Gasteiger partial charge in [-0.2, -0.15) is 0 Å². The fourth-order valence-electron chi connectivity index (χ4n) is 5.05. The molecule has 1 fully saturated rings. The van der Waals surface area contributed by atoms with Crippen molar-refractivity contribution in [1.29, 1.82) is 0 Å². The molecule has 242 valence electrons. The van der Waals surface area contributed by atoms with E-state index in [4.69, 9.17) is 38.0 Å². The Kier molecular flexibility index (Phi) is 12.7. The first-order chi connectivity index (χ1) is 20.6. The van der Waals surface area contributed by atoms with E-state index in [2.05, 4.69) is 25.3 Å². The molecular formula is C34H47ClN2O5S2. The molecule has 1 aliphatic heterocycles. The molecule has 0 spiro atoms. The maximum atomic E-state index is 14.7. The molecule has 3 rings (SSSR count). The maximum absolute atomic E-state index is 14.7. The molecule has 0 saturated carbocycles. The quantitative estimate of drug-likeness (QED) is 0.0731. The predicted octanol–water partition coefficient (Wildman–Crippen LogP) is 7.34. The van der Waals surface area contributed by atoms with Gasteiger partial charge in [-0.25, -0.2) is 10.0 Å². The average Bonchev–Trinajstić information content (AvgIpc) is 2.91. The molecular weight excluding hydrogens is 616 g/mol. The largest absolute Gasteiger partial charge is 0.489 e. The number of likely N-dealkylation sites (tertiary alicyclic amines) is 1. The van der Waals surface area contributed by atoms with Gasteiger partial charge in [-0.1, -0.05) is 60.2 Å². The van der Waals surface area contributed by atoms with E-state index in [1.165, 1.54) is 0 Å². The molecule has 1 saturated heterocycles. The normalized spacial score (nSPS) is 17.6. The number of aryl methyl sites for hydroxylation is 1. The number of carbonyl (C=O) groups excluding carboxylic acids is 2. The Hall–Kier alpha value is -2.59. The Morgan fingerprint density at radius 3 is 2.55 bits per heavy atom. The lowest BCUT2D eigenvalue weighted by Crippen LogP contribution is -2.51. The van der Waals surface area contributed by atoms with Crippen molar-refractivity contribution in [1.82, 2.24) is 4.90 Å². The van der Waals surface area contributed by atoms with E-state index in [1.807, 2.05) is 62.9 Å². The van der Waals surface area contributed by atoms with Crippen LogP contribution in [0, 0.1) is 12.8 Å². The summed E-state index contributed by atoms with van der Waals surface area (Å²) in [5, 5.41) is 0.520. The number of piperidine rings is 1. The van der Waals surface area contributed by atoms with Crippen LogP contribution in [0.3, 0.4) is 0 Å².